The zero-order valence-corrected chi connectivity index (χ0v) is 17.5. The molecule has 31 heavy (non-hydrogen) atoms. The minimum atomic E-state index is -0.657. The number of hydrogen-bond acceptors (Lipinski definition) is 5. The van der Waals surface area contributed by atoms with E-state index in [1.165, 1.54) is 24.3 Å². The SMILES string of the molecule is O=C(CNC(=O)c1ccc(Cl)c(Cl)c1)OCc1cc(=O)oc2ccc3ccccc3c12. The first-order chi connectivity index (χ1) is 14.9. The quantitative estimate of drug-likeness (QED) is 0.267. The highest BCUT2D eigenvalue weighted by molar-refractivity contribution is 6.42. The van der Waals surface area contributed by atoms with E-state index in [0.29, 0.717) is 21.6 Å². The number of ether oxygens (including phenoxy) is 1. The van der Waals surface area contributed by atoms with Gasteiger partial charge in [0.2, 0.25) is 0 Å². The van der Waals surface area contributed by atoms with Gasteiger partial charge in [-0.2, -0.15) is 0 Å². The van der Waals surface area contributed by atoms with Crippen molar-refractivity contribution in [3.8, 4) is 0 Å². The number of amides is 1. The summed E-state index contributed by atoms with van der Waals surface area (Å²) in [6, 6.07) is 16.9. The van der Waals surface area contributed by atoms with Crippen molar-refractivity contribution < 1.29 is 18.7 Å². The zero-order valence-electron chi connectivity index (χ0n) is 16.0. The largest absolute Gasteiger partial charge is 0.459 e. The average molecular weight is 456 g/mol. The Labute approximate surface area is 186 Å². The molecule has 0 unspecified atom stereocenters. The van der Waals surface area contributed by atoms with Crippen molar-refractivity contribution >= 4 is 56.8 Å². The fourth-order valence-electron chi connectivity index (χ4n) is 3.24. The molecule has 1 N–H and O–H groups in total. The van der Waals surface area contributed by atoms with Crippen LogP contribution in [0.5, 0.6) is 0 Å². The molecule has 0 aliphatic rings. The third kappa shape index (κ3) is 4.55. The molecule has 0 spiro atoms. The topological polar surface area (TPSA) is 85.6 Å². The highest BCUT2D eigenvalue weighted by atomic mass is 35.5. The number of halogens is 2. The minimum Gasteiger partial charge on any atom is -0.459 e. The van der Waals surface area contributed by atoms with Gasteiger partial charge in [-0.05, 0) is 35.0 Å². The van der Waals surface area contributed by atoms with Gasteiger partial charge in [0.05, 0.1) is 10.0 Å². The van der Waals surface area contributed by atoms with E-state index < -0.39 is 17.5 Å². The predicted molar refractivity (Wildman–Crippen MR) is 119 cm³/mol. The Hall–Kier alpha value is -3.35. The molecule has 0 radical (unpaired) electrons. The minimum absolute atomic E-state index is 0.141. The van der Waals surface area contributed by atoms with Gasteiger partial charge in [-0.15, -0.1) is 0 Å². The van der Waals surface area contributed by atoms with E-state index in [9.17, 15) is 14.4 Å². The first-order valence-electron chi connectivity index (χ1n) is 9.26. The lowest BCUT2D eigenvalue weighted by atomic mass is 10.0. The van der Waals surface area contributed by atoms with Gasteiger partial charge in [0.15, 0.2) is 0 Å². The summed E-state index contributed by atoms with van der Waals surface area (Å²) in [5.41, 5.74) is 0.652. The second-order valence-electron chi connectivity index (χ2n) is 6.72. The fourth-order valence-corrected chi connectivity index (χ4v) is 3.53. The van der Waals surface area contributed by atoms with Crippen molar-refractivity contribution in [1.82, 2.24) is 5.32 Å². The number of carbonyl (C=O) groups excluding carboxylic acids is 2. The maximum absolute atomic E-state index is 12.2. The van der Waals surface area contributed by atoms with Crippen molar-refractivity contribution in [2.45, 2.75) is 6.61 Å². The molecule has 1 amide bonds. The Balaban J connectivity index is 1.48. The number of hydrogen-bond donors (Lipinski definition) is 1. The summed E-state index contributed by atoms with van der Waals surface area (Å²) in [5, 5.41) is 5.56. The molecule has 0 saturated carbocycles. The third-order valence-corrected chi connectivity index (χ3v) is 5.42. The summed E-state index contributed by atoms with van der Waals surface area (Å²) in [6.45, 7) is -0.489. The number of esters is 1. The molecule has 0 aliphatic heterocycles. The Bertz CT molecular complexity index is 1380. The Morgan fingerprint density at radius 1 is 0.968 bits per heavy atom. The van der Waals surface area contributed by atoms with Crippen LogP contribution >= 0.6 is 23.2 Å². The number of carbonyl (C=O) groups is 2. The van der Waals surface area contributed by atoms with E-state index in [2.05, 4.69) is 5.32 Å². The first kappa shape index (κ1) is 20.9. The van der Waals surface area contributed by atoms with Crippen LogP contribution in [0.15, 0.2) is 69.9 Å². The average Bonchev–Trinajstić information content (AvgIpc) is 2.77. The smallest absolute Gasteiger partial charge is 0.336 e. The van der Waals surface area contributed by atoms with Crippen LogP contribution in [-0.2, 0) is 16.1 Å². The predicted octanol–water partition coefficient (Wildman–Crippen LogP) is 4.73. The standard InChI is InChI=1S/C23H15Cl2NO5/c24-17-7-5-14(9-18(17)25)23(29)26-11-21(28)30-12-15-10-20(27)31-19-8-6-13-3-1-2-4-16(13)22(15)19/h1-10H,11-12H2,(H,26,29). The lowest BCUT2D eigenvalue weighted by molar-refractivity contribution is -0.143. The molecular formula is C23H15Cl2NO5. The van der Waals surface area contributed by atoms with Crippen molar-refractivity contribution in [3.63, 3.8) is 0 Å². The van der Waals surface area contributed by atoms with Gasteiger partial charge >= 0.3 is 11.6 Å². The van der Waals surface area contributed by atoms with Gasteiger partial charge in [-0.3, -0.25) is 9.59 Å². The van der Waals surface area contributed by atoms with E-state index in [1.807, 2.05) is 30.3 Å². The van der Waals surface area contributed by atoms with Crippen molar-refractivity contribution in [2.75, 3.05) is 6.54 Å². The number of rotatable bonds is 5. The Morgan fingerprint density at radius 3 is 2.58 bits per heavy atom. The van der Waals surface area contributed by atoms with Gasteiger partial charge in [-0.1, -0.05) is 53.5 Å². The van der Waals surface area contributed by atoms with E-state index >= 15 is 0 Å². The van der Waals surface area contributed by atoms with Crippen LogP contribution < -0.4 is 10.9 Å². The second-order valence-corrected chi connectivity index (χ2v) is 7.54. The van der Waals surface area contributed by atoms with E-state index in [4.69, 9.17) is 32.4 Å². The summed E-state index contributed by atoms with van der Waals surface area (Å²) in [4.78, 5) is 36.3. The van der Waals surface area contributed by atoms with E-state index in [-0.39, 0.29) is 23.7 Å². The van der Waals surface area contributed by atoms with Gasteiger partial charge in [-0.25, -0.2) is 4.79 Å². The Kier molecular flexibility index (Phi) is 5.93. The van der Waals surface area contributed by atoms with Gasteiger partial charge < -0.3 is 14.5 Å². The molecule has 1 heterocycles. The number of benzene rings is 3. The maximum atomic E-state index is 12.2. The molecule has 0 bridgehead atoms. The number of nitrogens with one attached hydrogen (secondary N) is 1. The summed E-state index contributed by atoms with van der Waals surface area (Å²) in [6.07, 6.45) is 0. The molecule has 4 aromatic rings. The van der Waals surface area contributed by atoms with Gasteiger partial charge in [0, 0.05) is 22.6 Å². The maximum Gasteiger partial charge on any atom is 0.336 e. The highest BCUT2D eigenvalue weighted by Gasteiger charge is 2.14. The van der Waals surface area contributed by atoms with Crippen LogP contribution in [0.1, 0.15) is 15.9 Å². The number of fused-ring (bicyclic) bond motifs is 3. The molecule has 0 aliphatic carbocycles. The second kappa shape index (κ2) is 8.79. The molecule has 156 valence electrons. The molecule has 0 atom stereocenters. The molecule has 4 rings (SSSR count). The summed E-state index contributed by atoms with van der Waals surface area (Å²) >= 11 is 11.7. The van der Waals surface area contributed by atoms with Crippen LogP contribution in [0.25, 0.3) is 21.7 Å². The molecule has 0 fully saturated rings. The molecule has 3 aromatic carbocycles. The van der Waals surface area contributed by atoms with Gasteiger partial charge in [0.25, 0.3) is 5.91 Å². The molecular weight excluding hydrogens is 441 g/mol. The van der Waals surface area contributed by atoms with Crippen LogP contribution in [0, 0.1) is 0 Å². The lowest BCUT2D eigenvalue weighted by Crippen LogP contribution is -2.30. The van der Waals surface area contributed by atoms with Crippen molar-refractivity contribution in [3.05, 3.63) is 92.3 Å². The van der Waals surface area contributed by atoms with Crippen LogP contribution in [0.4, 0.5) is 0 Å². The van der Waals surface area contributed by atoms with Crippen LogP contribution in [-0.4, -0.2) is 18.4 Å². The molecule has 8 heteroatoms. The van der Waals surface area contributed by atoms with Crippen LogP contribution in [0.3, 0.4) is 0 Å². The van der Waals surface area contributed by atoms with Crippen molar-refractivity contribution in [1.29, 1.82) is 0 Å². The normalized spacial score (nSPS) is 10.9. The van der Waals surface area contributed by atoms with Crippen LogP contribution in [0.2, 0.25) is 10.0 Å². The zero-order chi connectivity index (χ0) is 22.0. The molecule has 6 nitrogen and oxygen atoms in total. The third-order valence-electron chi connectivity index (χ3n) is 4.68. The monoisotopic (exact) mass is 455 g/mol. The van der Waals surface area contributed by atoms with Crippen molar-refractivity contribution in [2.24, 2.45) is 0 Å². The fraction of sp³-hybridized carbons (Fsp3) is 0.0870. The summed E-state index contributed by atoms with van der Waals surface area (Å²) < 4.78 is 10.6. The summed E-state index contributed by atoms with van der Waals surface area (Å²) in [5.74, 6) is -1.15. The van der Waals surface area contributed by atoms with Gasteiger partial charge in [0.1, 0.15) is 18.7 Å². The molecule has 0 saturated heterocycles. The molecule has 1 aromatic heterocycles. The Morgan fingerprint density at radius 2 is 1.77 bits per heavy atom. The van der Waals surface area contributed by atoms with E-state index in [0.717, 1.165) is 10.8 Å². The lowest BCUT2D eigenvalue weighted by Gasteiger charge is -2.10. The van der Waals surface area contributed by atoms with E-state index in [1.54, 1.807) is 6.07 Å². The first-order valence-corrected chi connectivity index (χ1v) is 10.0. The summed E-state index contributed by atoms with van der Waals surface area (Å²) in [7, 11) is 0. The highest BCUT2D eigenvalue weighted by Crippen LogP contribution is 2.27.